The number of hydrogen-bond donors (Lipinski definition) is 1. The third-order valence-electron chi connectivity index (χ3n) is 2.82. The van der Waals surface area contributed by atoms with Crippen molar-refractivity contribution in [3.8, 4) is 16.3 Å². The van der Waals surface area contributed by atoms with Crippen molar-refractivity contribution >= 4 is 29.0 Å². The summed E-state index contributed by atoms with van der Waals surface area (Å²) in [6, 6.07) is 7.85. The molecule has 4 nitrogen and oxygen atoms in total. The third-order valence-corrected chi connectivity index (χ3v) is 4.72. The van der Waals surface area contributed by atoms with E-state index in [-0.39, 0.29) is 5.91 Å². The zero-order valence-electron chi connectivity index (χ0n) is 12.4. The van der Waals surface area contributed by atoms with E-state index in [9.17, 15) is 4.79 Å². The van der Waals surface area contributed by atoms with E-state index in [1.165, 1.54) is 0 Å². The largest absolute Gasteiger partial charge is 0.497 e. The Bertz CT molecular complexity index is 623. The lowest BCUT2D eigenvalue weighted by Gasteiger charge is -2.01. The number of carbonyl (C=O) groups excluding carboxylic acids is 1. The number of amides is 1. The molecule has 0 saturated heterocycles. The quantitative estimate of drug-likeness (QED) is 0.752. The number of methoxy groups -OCH3 is 1. The van der Waals surface area contributed by atoms with E-state index in [4.69, 9.17) is 4.74 Å². The van der Waals surface area contributed by atoms with Crippen LogP contribution in [0.1, 0.15) is 5.69 Å². The minimum atomic E-state index is 0.0236. The summed E-state index contributed by atoms with van der Waals surface area (Å²) < 4.78 is 5.15. The van der Waals surface area contributed by atoms with Crippen LogP contribution < -0.4 is 10.1 Å². The van der Waals surface area contributed by atoms with Gasteiger partial charge >= 0.3 is 0 Å². The lowest BCUT2D eigenvalue weighted by Crippen LogP contribution is -2.24. The molecule has 0 saturated carbocycles. The predicted molar refractivity (Wildman–Crippen MR) is 93.5 cm³/mol. The average molecular weight is 334 g/mol. The smallest absolute Gasteiger partial charge is 0.230 e. The fraction of sp³-hybridized carbons (Fsp3) is 0.250. The molecule has 0 spiro atoms. The van der Waals surface area contributed by atoms with E-state index in [1.54, 1.807) is 36.3 Å². The van der Waals surface area contributed by atoms with Crippen molar-refractivity contribution in [3.63, 3.8) is 0 Å². The van der Waals surface area contributed by atoms with E-state index >= 15 is 0 Å². The van der Waals surface area contributed by atoms with Gasteiger partial charge in [0.1, 0.15) is 10.8 Å². The first-order valence-electron chi connectivity index (χ1n) is 6.77. The molecule has 1 heterocycles. The molecule has 0 unspecified atom stereocenters. The van der Waals surface area contributed by atoms with Gasteiger partial charge in [-0.3, -0.25) is 4.79 Å². The lowest BCUT2D eigenvalue weighted by atomic mass is 10.2. The van der Waals surface area contributed by atoms with Gasteiger partial charge in [-0.15, -0.1) is 29.7 Å². The second-order valence-corrected chi connectivity index (χ2v) is 6.30. The highest BCUT2D eigenvalue weighted by atomic mass is 32.2. The average Bonchev–Trinajstić information content (AvgIpc) is 3.02. The van der Waals surface area contributed by atoms with Crippen molar-refractivity contribution in [1.29, 1.82) is 0 Å². The Labute approximate surface area is 138 Å². The fourth-order valence-corrected chi connectivity index (χ4v) is 3.40. The number of ether oxygens (including phenoxy) is 1. The SMILES string of the molecule is C=CCNC(=O)CSCc1csc(-c2ccc(OC)cc2)n1. The van der Waals surface area contributed by atoms with Crippen LogP contribution in [-0.2, 0) is 10.5 Å². The summed E-state index contributed by atoms with van der Waals surface area (Å²) in [6.07, 6.45) is 1.67. The van der Waals surface area contributed by atoms with Gasteiger partial charge in [0.2, 0.25) is 5.91 Å². The Hall–Kier alpha value is -1.79. The summed E-state index contributed by atoms with van der Waals surface area (Å²) in [5.74, 6) is 2.02. The zero-order chi connectivity index (χ0) is 15.8. The molecule has 0 aliphatic rings. The molecule has 2 rings (SSSR count). The summed E-state index contributed by atoms with van der Waals surface area (Å²) in [6.45, 7) is 4.08. The Morgan fingerprint density at radius 2 is 2.23 bits per heavy atom. The number of rotatable bonds is 8. The second kappa shape index (κ2) is 8.60. The van der Waals surface area contributed by atoms with Crippen molar-refractivity contribution in [2.45, 2.75) is 5.75 Å². The van der Waals surface area contributed by atoms with Crippen LogP contribution in [0.2, 0.25) is 0 Å². The minimum absolute atomic E-state index is 0.0236. The van der Waals surface area contributed by atoms with Gasteiger partial charge in [-0.25, -0.2) is 4.98 Å². The maximum absolute atomic E-state index is 11.5. The maximum atomic E-state index is 11.5. The Morgan fingerprint density at radius 3 is 2.91 bits per heavy atom. The molecular formula is C16H18N2O2S2. The molecule has 22 heavy (non-hydrogen) atoms. The lowest BCUT2D eigenvalue weighted by molar-refractivity contribution is -0.118. The van der Waals surface area contributed by atoms with Gasteiger partial charge in [0.05, 0.1) is 18.6 Å². The molecule has 116 valence electrons. The molecule has 1 aromatic carbocycles. The van der Waals surface area contributed by atoms with Crippen molar-refractivity contribution < 1.29 is 9.53 Å². The Morgan fingerprint density at radius 1 is 1.45 bits per heavy atom. The first kappa shape index (κ1) is 16.6. The highest BCUT2D eigenvalue weighted by Crippen LogP contribution is 2.26. The van der Waals surface area contributed by atoms with Crippen molar-refractivity contribution in [2.75, 3.05) is 19.4 Å². The molecule has 0 aliphatic carbocycles. The van der Waals surface area contributed by atoms with Crippen LogP contribution in [0.15, 0.2) is 42.3 Å². The maximum Gasteiger partial charge on any atom is 0.230 e. The molecule has 1 aromatic heterocycles. The van der Waals surface area contributed by atoms with Crippen molar-refractivity contribution in [3.05, 3.63) is 48.0 Å². The van der Waals surface area contributed by atoms with Crippen LogP contribution in [-0.4, -0.2) is 30.3 Å². The van der Waals surface area contributed by atoms with Crippen LogP contribution in [0, 0.1) is 0 Å². The number of thioether (sulfide) groups is 1. The van der Waals surface area contributed by atoms with Crippen molar-refractivity contribution in [2.24, 2.45) is 0 Å². The fourth-order valence-electron chi connectivity index (χ4n) is 1.72. The van der Waals surface area contributed by atoms with E-state index in [2.05, 4.69) is 16.9 Å². The predicted octanol–water partition coefficient (Wildman–Crippen LogP) is 3.35. The van der Waals surface area contributed by atoms with E-state index in [0.29, 0.717) is 12.3 Å². The van der Waals surface area contributed by atoms with Gasteiger partial charge in [0, 0.05) is 23.2 Å². The number of aromatic nitrogens is 1. The minimum Gasteiger partial charge on any atom is -0.497 e. The van der Waals surface area contributed by atoms with E-state index in [0.717, 1.165) is 27.8 Å². The van der Waals surface area contributed by atoms with Crippen LogP contribution in [0.5, 0.6) is 5.75 Å². The van der Waals surface area contributed by atoms with Crippen LogP contribution in [0.4, 0.5) is 0 Å². The van der Waals surface area contributed by atoms with Gasteiger partial charge in [-0.2, -0.15) is 0 Å². The molecule has 2 aromatic rings. The molecular weight excluding hydrogens is 316 g/mol. The standard InChI is InChI=1S/C16H18N2O2S2/c1-3-8-17-15(19)11-21-9-13-10-22-16(18-13)12-4-6-14(20-2)7-5-12/h3-7,10H,1,8-9,11H2,2H3,(H,17,19). The number of benzene rings is 1. The molecule has 0 fully saturated rings. The van der Waals surface area contributed by atoms with Gasteiger partial charge in [0.25, 0.3) is 0 Å². The molecule has 1 N–H and O–H groups in total. The number of nitrogens with one attached hydrogen (secondary N) is 1. The number of thiazole rings is 1. The van der Waals surface area contributed by atoms with Crippen LogP contribution in [0.25, 0.3) is 10.6 Å². The summed E-state index contributed by atoms with van der Waals surface area (Å²) in [4.78, 5) is 16.1. The number of hydrogen-bond acceptors (Lipinski definition) is 5. The summed E-state index contributed by atoms with van der Waals surface area (Å²) in [7, 11) is 1.65. The van der Waals surface area contributed by atoms with Crippen LogP contribution in [0.3, 0.4) is 0 Å². The summed E-state index contributed by atoms with van der Waals surface area (Å²) in [5, 5.41) is 5.77. The molecule has 1 amide bonds. The van der Waals surface area contributed by atoms with Crippen LogP contribution >= 0.6 is 23.1 Å². The highest BCUT2D eigenvalue weighted by molar-refractivity contribution is 7.99. The topological polar surface area (TPSA) is 51.2 Å². The molecule has 0 bridgehead atoms. The van der Waals surface area contributed by atoms with E-state index < -0.39 is 0 Å². The van der Waals surface area contributed by atoms with Gasteiger partial charge < -0.3 is 10.1 Å². The zero-order valence-corrected chi connectivity index (χ0v) is 14.0. The van der Waals surface area contributed by atoms with Gasteiger partial charge in [0.15, 0.2) is 0 Å². The van der Waals surface area contributed by atoms with Gasteiger partial charge in [-0.05, 0) is 24.3 Å². The number of nitrogens with zero attached hydrogens (tertiary/aromatic N) is 1. The Balaban J connectivity index is 1.85. The summed E-state index contributed by atoms with van der Waals surface area (Å²) in [5.41, 5.74) is 2.07. The molecule has 6 heteroatoms. The normalized spacial score (nSPS) is 10.2. The Kier molecular flexibility index (Phi) is 6.48. The monoisotopic (exact) mass is 334 g/mol. The van der Waals surface area contributed by atoms with Crippen molar-refractivity contribution in [1.82, 2.24) is 10.3 Å². The first-order chi connectivity index (χ1) is 10.7. The first-order valence-corrected chi connectivity index (χ1v) is 8.80. The summed E-state index contributed by atoms with van der Waals surface area (Å²) >= 11 is 3.17. The molecule has 0 aliphatic heterocycles. The molecule has 0 atom stereocenters. The molecule has 0 radical (unpaired) electrons. The van der Waals surface area contributed by atoms with E-state index in [1.807, 2.05) is 29.6 Å². The second-order valence-electron chi connectivity index (χ2n) is 4.46. The van der Waals surface area contributed by atoms with Gasteiger partial charge in [-0.1, -0.05) is 6.08 Å². The highest BCUT2D eigenvalue weighted by Gasteiger charge is 2.06. The third kappa shape index (κ3) is 4.89. The number of carbonyl (C=O) groups is 1.